The lowest BCUT2D eigenvalue weighted by Crippen LogP contribution is -2.23. The number of cyclic esters (lactones) is 1. The number of amides is 1. The standard InChI is InChI=1S/C22H18N2O3/c1-14-6-5-9-20(23-14)24-21(25)16-10-11-18-17(12-16)13-19(27-22(18)26)15-7-3-2-4-8-15/h2-12,19H,13H2,1H3,(H,23,24,25). The molecule has 2 aromatic carbocycles. The molecule has 2 heterocycles. The van der Waals surface area contributed by atoms with Crippen molar-refractivity contribution in [3.8, 4) is 0 Å². The summed E-state index contributed by atoms with van der Waals surface area (Å²) in [5.74, 6) is -0.122. The van der Waals surface area contributed by atoms with Gasteiger partial charge in [0, 0.05) is 17.7 Å². The van der Waals surface area contributed by atoms with Gasteiger partial charge in [-0.25, -0.2) is 9.78 Å². The van der Waals surface area contributed by atoms with Crippen molar-refractivity contribution in [2.45, 2.75) is 19.4 Å². The maximum Gasteiger partial charge on any atom is 0.339 e. The van der Waals surface area contributed by atoms with E-state index in [4.69, 9.17) is 4.74 Å². The number of hydrogen-bond acceptors (Lipinski definition) is 4. The molecular formula is C22H18N2O3. The fraction of sp³-hybridized carbons (Fsp3) is 0.136. The summed E-state index contributed by atoms with van der Waals surface area (Å²) < 4.78 is 5.56. The van der Waals surface area contributed by atoms with Crippen molar-refractivity contribution in [3.05, 3.63) is 94.7 Å². The van der Waals surface area contributed by atoms with Crippen LogP contribution in [0.4, 0.5) is 5.82 Å². The van der Waals surface area contributed by atoms with Crippen LogP contribution in [0.15, 0.2) is 66.7 Å². The van der Waals surface area contributed by atoms with E-state index in [0.717, 1.165) is 16.8 Å². The first-order valence-corrected chi connectivity index (χ1v) is 8.74. The van der Waals surface area contributed by atoms with Gasteiger partial charge in [0.05, 0.1) is 5.56 Å². The van der Waals surface area contributed by atoms with Crippen molar-refractivity contribution < 1.29 is 14.3 Å². The first kappa shape index (κ1) is 17.0. The minimum Gasteiger partial charge on any atom is -0.454 e. The lowest BCUT2D eigenvalue weighted by Gasteiger charge is -2.25. The quantitative estimate of drug-likeness (QED) is 0.716. The molecule has 1 unspecified atom stereocenters. The van der Waals surface area contributed by atoms with Crippen LogP contribution in [0.5, 0.6) is 0 Å². The third-order valence-corrected chi connectivity index (χ3v) is 4.54. The molecule has 3 aromatic rings. The number of benzene rings is 2. The molecule has 1 atom stereocenters. The SMILES string of the molecule is Cc1cccc(NC(=O)c2ccc3c(c2)CC(c2ccccc2)OC3=O)n1. The molecule has 0 saturated heterocycles. The monoisotopic (exact) mass is 358 g/mol. The number of rotatable bonds is 3. The Kier molecular flexibility index (Phi) is 4.42. The van der Waals surface area contributed by atoms with E-state index in [-0.39, 0.29) is 18.0 Å². The van der Waals surface area contributed by atoms with Gasteiger partial charge in [0.15, 0.2) is 0 Å². The predicted molar refractivity (Wildman–Crippen MR) is 102 cm³/mol. The zero-order valence-corrected chi connectivity index (χ0v) is 14.8. The Morgan fingerprint density at radius 3 is 2.67 bits per heavy atom. The van der Waals surface area contributed by atoms with Crippen molar-refractivity contribution in [3.63, 3.8) is 0 Å². The van der Waals surface area contributed by atoms with Gasteiger partial charge in [0.25, 0.3) is 5.91 Å². The van der Waals surface area contributed by atoms with Crippen LogP contribution >= 0.6 is 0 Å². The largest absolute Gasteiger partial charge is 0.454 e. The molecule has 134 valence electrons. The summed E-state index contributed by atoms with van der Waals surface area (Å²) >= 11 is 0. The Labute approximate surface area is 157 Å². The molecule has 4 rings (SSSR count). The van der Waals surface area contributed by atoms with E-state index in [0.29, 0.717) is 23.4 Å². The van der Waals surface area contributed by atoms with E-state index < -0.39 is 0 Å². The molecule has 0 fully saturated rings. The first-order valence-electron chi connectivity index (χ1n) is 8.74. The van der Waals surface area contributed by atoms with E-state index in [1.54, 1.807) is 24.3 Å². The molecular weight excluding hydrogens is 340 g/mol. The fourth-order valence-corrected chi connectivity index (χ4v) is 3.19. The average Bonchev–Trinajstić information content (AvgIpc) is 2.68. The molecule has 1 N–H and O–H groups in total. The number of ether oxygens (including phenoxy) is 1. The third kappa shape index (κ3) is 3.58. The Morgan fingerprint density at radius 2 is 1.89 bits per heavy atom. The van der Waals surface area contributed by atoms with E-state index in [1.165, 1.54) is 0 Å². The number of hydrogen-bond donors (Lipinski definition) is 1. The van der Waals surface area contributed by atoms with Crippen molar-refractivity contribution in [1.82, 2.24) is 4.98 Å². The number of aryl methyl sites for hydroxylation is 1. The van der Waals surface area contributed by atoms with Gasteiger partial charge in [-0.15, -0.1) is 0 Å². The summed E-state index contributed by atoms with van der Waals surface area (Å²) in [5, 5.41) is 2.79. The van der Waals surface area contributed by atoms with Crippen molar-refractivity contribution in [2.75, 3.05) is 5.32 Å². The predicted octanol–water partition coefficient (Wildman–Crippen LogP) is 4.10. The van der Waals surface area contributed by atoms with E-state index in [1.807, 2.05) is 49.4 Å². The minimum absolute atomic E-state index is 0.258. The molecule has 1 aliphatic heterocycles. The van der Waals surface area contributed by atoms with Gasteiger partial charge in [-0.2, -0.15) is 0 Å². The Hall–Kier alpha value is -3.47. The Balaban J connectivity index is 1.59. The minimum atomic E-state index is -0.364. The van der Waals surface area contributed by atoms with Crippen LogP contribution in [0, 0.1) is 6.92 Å². The van der Waals surface area contributed by atoms with Crippen LogP contribution in [0.2, 0.25) is 0 Å². The smallest absolute Gasteiger partial charge is 0.339 e. The summed E-state index contributed by atoms with van der Waals surface area (Å²) in [4.78, 5) is 29.2. The molecule has 1 amide bonds. The van der Waals surface area contributed by atoms with Crippen LogP contribution in [-0.2, 0) is 11.2 Å². The highest BCUT2D eigenvalue weighted by Gasteiger charge is 2.28. The molecule has 1 aliphatic rings. The second-order valence-electron chi connectivity index (χ2n) is 6.50. The number of nitrogens with zero attached hydrogens (tertiary/aromatic N) is 1. The van der Waals surface area contributed by atoms with Crippen LogP contribution in [0.25, 0.3) is 0 Å². The molecule has 0 saturated carbocycles. The average molecular weight is 358 g/mol. The summed E-state index contributed by atoms with van der Waals surface area (Å²) in [6.45, 7) is 1.86. The van der Waals surface area contributed by atoms with Crippen LogP contribution in [0.1, 0.15) is 43.6 Å². The number of carbonyl (C=O) groups excluding carboxylic acids is 2. The number of nitrogens with one attached hydrogen (secondary N) is 1. The Bertz CT molecular complexity index is 1020. The third-order valence-electron chi connectivity index (χ3n) is 4.54. The van der Waals surface area contributed by atoms with E-state index in [9.17, 15) is 9.59 Å². The molecule has 0 radical (unpaired) electrons. The lowest BCUT2D eigenvalue weighted by molar-refractivity contribution is 0.0252. The molecule has 5 nitrogen and oxygen atoms in total. The number of carbonyl (C=O) groups is 2. The maximum atomic E-state index is 12.6. The summed E-state index contributed by atoms with van der Waals surface area (Å²) in [7, 11) is 0. The molecule has 27 heavy (non-hydrogen) atoms. The fourth-order valence-electron chi connectivity index (χ4n) is 3.19. The number of pyridine rings is 1. The normalized spacial score (nSPS) is 15.6. The highest BCUT2D eigenvalue weighted by molar-refractivity contribution is 6.04. The summed E-state index contributed by atoms with van der Waals surface area (Å²) in [6, 6.07) is 20.1. The maximum absolute atomic E-state index is 12.6. The van der Waals surface area contributed by atoms with Gasteiger partial charge < -0.3 is 10.1 Å². The van der Waals surface area contributed by atoms with Crippen LogP contribution in [0.3, 0.4) is 0 Å². The lowest BCUT2D eigenvalue weighted by atomic mass is 9.93. The second-order valence-corrected chi connectivity index (χ2v) is 6.50. The number of anilines is 1. The Morgan fingerprint density at radius 1 is 1.07 bits per heavy atom. The zero-order chi connectivity index (χ0) is 18.8. The molecule has 0 aliphatic carbocycles. The summed E-state index contributed by atoms with van der Waals surface area (Å²) in [5.41, 5.74) is 3.57. The van der Waals surface area contributed by atoms with E-state index >= 15 is 0 Å². The molecule has 0 spiro atoms. The van der Waals surface area contributed by atoms with Crippen molar-refractivity contribution >= 4 is 17.7 Å². The number of aromatic nitrogens is 1. The molecule has 1 aromatic heterocycles. The highest BCUT2D eigenvalue weighted by Crippen LogP contribution is 2.31. The molecule has 0 bridgehead atoms. The summed E-state index contributed by atoms with van der Waals surface area (Å²) in [6.07, 6.45) is 0.192. The molecule has 5 heteroatoms. The van der Waals surface area contributed by atoms with Gasteiger partial charge in [0.2, 0.25) is 0 Å². The van der Waals surface area contributed by atoms with Gasteiger partial charge >= 0.3 is 5.97 Å². The topological polar surface area (TPSA) is 68.3 Å². The van der Waals surface area contributed by atoms with Crippen molar-refractivity contribution in [1.29, 1.82) is 0 Å². The van der Waals surface area contributed by atoms with Gasteiger partial charge in [0.1, 0.15) is 11.9 Å². The van der Waals surface area contributed by atoms with Crippen LogP contribution in [-0.4, -0.2) is 16.9 Å². The second kappa shape index (κ2) is 7.03. The van der Waals surface area contributed by atoms with Gasteiger partial charge in [-0.3, -0.25) is 4.79 Å². The van der Waals surface area contributed by atoms with Gasteiger partial charge in [-0.1, -0.05) is 36.4 Å². The highest BCUT2D eigenvalue weighted by atomic mass is 16.5. The van der Waals surface area contributed by atoms with Crippen molar-refractivity contribution in [2.24, 2.45) is 0 Å². The number of fused-ring (bicyclic) bond motifs is 1. The van der Waals surface area contributed by atoms with Crippen LogP contribution < -0.4 is 5.32 Å². The first-order chi connectivity index (χ1) is 13.1. The zero-order valence-electron chi connectivity index (χ0n) is 14.8. The number of esters is 1. The van der Waals surface area contributed by atoms with Gasteiger partial charge in [-0.05, 0) is 48.4 Å². The van der Waals surface area contributed by atoms with E-state index in [2.05, 4.69) is 10.3 Å².